The third kappa shape index (κ3) is 2.06. The molecule has 2 N–H and O–H groups in total. The third-order valence-electron chi connectivity index (χ3n) is 2.03. The van der Waals surface area contributed by atoms with Crippen LogP contribution in [0.4, 0.5) is 0 Å². The Morgan fingerprint density at radius 1 is 1.64 bits per heavy atom. The molecule has 0 radical (unpaired) electrons. The van der Waals surface area contributed by atoms with Crippen molar-refractivity contribution in [2.75, 3.05) is 0 Å². The minimum absolute atomic E-state index is 0.350. The maximum Gasteiger partial charge on any atom is 0.121 e. The molecule has 0 aliphatic rings. The van der Waals surface area contributed by atoms with Crippen molar-refractivity contribution >= 4 is 11.6 Å². The molecule has 0 bridgehead atoms. The van der Waals surface area contributed by atoms with Crippen molar-refractivity contribution in [1.82, 2.24) is 9.78 Å². The Bertz CT molecular complexity index is 386. The van der Waals surface area contributed by atoms with Crippen LogP contribution >= 0.6 is 11.6 Å². The summed E-state index contributed by atoms with van der Waals surface area (Å²) in [5.41, 5.74) is 6.41. The first-order valence-electron chi connectivity index (χ1n) is 4.27. The predicted molar refractivity (Wildman–Crippen MR) is 54.9 cm³/mol. The molecule has 0 aliphatic heterocycles. The molecule has 76 valence electrons. The van der Waals surface area contributed by atoms with Crippen LogP contribution in [0.1, 0.15) is 18.3 Å². The molecule has 1 aromatic rings. The standard InChI is InChI=1S/C9H13ClN4/c1-6-8(10)7(2)14(13-6)5-9(3,12)4-11/h5,12H2,1-3H3. The van der Waals surface area contributed by atoms with Crippen LogP contribution in [0, 0.1) is 25.2 Å². The molecule has 0 amide bonds. The number of nitriles is 1. The summed E-state index contributed by atoms with van der Waals surface area (Å²) in [5, 5.41) is 13.6. The van der Waals surface area contributed by atoms with Gasteiger partial charge < -0.3 is 5.73 Å². The molecule has 0 aliphatic carbocycles. The Kier molecular flexibility index (Phi) is 2.84. The van der Waals surface area contributed by atoms with Gasteiger partial charge in [-0.15, -0.1) is 0 Å². The van der Waals surface area contributed by atoms with Crippen LogP contribution in [0.2, 0.25) is 5.02 Å². The molecule has 1 aromatic heterocycles. The second-order valence-electron chi connectivity index (χ2n) is 3.67. The SMILES string of the molecule is Cc1nn(CC(C)(N)C#N)c(C)c1Cl. The van der Waals surface area contributed by atoms with Gasteiger partial charge in [0.25, 0.3) is 0 Å². The van der Waals surface area contributed by atoms with Gasteiger partial charge in [-0.25, -0.2) is 0 Å². The maximum atomic E-state index is 8.77. The summed E-state index contributed by atoms with van der Waals surface area (Å²) in [5.74, 6) is 0. The van der Waals surface area contributed by atoms with Crippen molar-refractivity contribution in [3.8, 4) is 6.07 Å². The first-order chi connectivity index (χ1) is 6.37. The lowest BCUT2D eigenvalue weighted by molar-refractivity contribution is 0.451. The first-order valence-corrected chi connectivity index (χ1v) is 4.65. The smallest absolute Gasteiger partial charge is 0.121 e. The third-order valence-corrected chi connectivity index (χ3v) is 2.57. The Morgan fingerprint density at radius 2 is 2.21 bits per heavy atom. The van der Waals surface area contributed by atoms with Crippen molar-refractivity contribution in [1.29, 1.82) is 5.26 Å². The average Bonchev–Trinajstić information content (AvgIpc) is 2.33. The van der Waals surface area contributed by atoms with Crippen LogP contribution in [-0.2, 0) is 6.54 Å². The predicted octanol–water partition coefficient (Wildman–Crippen LogP) is 1.39. The highest BCUT2D eigenvalue weighted by Crippen LogP contribution is 2.19. The fraction of sp³-hybridized carbons (Fsp3) is 0.556. The van der Waals surface area contributed by atoms with E-state index in [2.05, 4.69) is 5.10 Å². The van der Waals surface area contributed by atoms with E-state index in [0.717, 1.165) is 11.4 Å². The largest absolute Gasteiger partial charge is 0.312 e. The zero-order valence-electron chi connectivity index (χ0n) is 8.50. The van der Waals surface area contributed by atoms with Gasteiger partial charge in [0, 0.05) is 0 Å². The molecular weight excluding hydrogens is 200 g/mol. The number of hydrogen-bond acceptors (Lipinski definition) is 3. The van der Waals surface area contributed by atoms with Crippen molar-refractivity contribution in [2.45, 2.75) is 32.9 Å². The quantitative estimate of drug-likeness (QED) is 0.806. The topological polar surface area (TPSA) is 67.6 Å². The van der Waals surface area contributed by atoms with Crippen LogP contribution in [0.5, 0.6) is 0 Å². The molecule has 0 spiro atoms. The molecule has 0 fully saturated rings. The van der Waals surface area contributed by atoms with Gasteiger partial charge in [0.15, 0.2) is 0 Å². The van der Waals surface area contributed by atoms with E-state index in [0.29, 0.717) is 11.6 Å². The highest BCUT2D eigenvalue weighted by Gasteiger charge is 2.21. The van der Waals surface area contributed by atoms with Gasteiger partial charge in [-0.3, -0.25) is 4.68 Å². The minimum Gasteiger partial charge on any atom is -0.312 e. The fourth-order valence-electron chi connectivity index (χ4n) is 1.18. The zero-order valence-corrected chi connectivity index (χ0v) is 9.26. The van der Waals surface area contributed by atoms with Crippen molar-refractivity contribution in [2.24, 2.45) is 5.73 Å². The van der Waals surface area contributed by atoms with E-state index >= 15 is 0 Å². The second kappa shape index (κ2) is 3.60. The normalized spacial score (nSPS) is 14.9. The van der Waals surface area contributed by atoms with Gasteiger partial charge >= 0.3 is 0 Å². The van der Waals surface area contributed by atoms with Crippen molar-refractivity contribution < 1.29 is 0 Å². The van der Waals surface area contributed by atoms with E-state index in [1.54, 1.807) is 11.6 Å². The minimum atomic E-state index is -0.910. The zero-order chi connectivity index (χ0) is 10.9. The number of rotatable bonds is 2. The summed E-state index contributed by atoms with van der Waals surface area (Å²) in [6.07, 6.45) is 0. The molecule has 1 rings (SSSR count). The summed E-state index contributed by atoms with van der Waals surface area (Å²) < 4.78 is 1.67. The number of nitrogens with two attached hydrogens (primary N) is 1. The lowest BCUT2D eigenvalue weighted by atomic mass is 10.1. The van der Waals surface area contributed by atoms with E-state index in [-0.39, 0.29) is 0 Å². The Balaban J connectivity index is 3.00. The molecule has 1 heterocycles. The van der Waals surface area contributed by atoms with E-state index in [1.807, 2.05) is 19.9 Å². The van der Waals surface area contributed by atoms with Gasteiger partial charge in [-0.1, -0.05) is 11.6 Å². The van der Waals surface area contributed by atoms with Crippen LogP contribution in [0.25, 0.3) is 0 Å². The van der Waals surface area contributed by atoms with E-state index in [1.165, 1.54) is 0 Å². The number of hydrogen-bond donors (Lipinski definition) is 1. The van der Waals surface area contributed by atoms with Crippen LogP contribution < -0.4 is 5.73 Å². The summed E-state index contributed by atoms with van der Waals surface area (Å²) in [7, 11) is 0. The average molecular weight is 213 g/mol. The molecule has 1 atom stereocenters. The van der Waals surface area contributed by atoms with Crippen LogP contribution in [0.15, 0.2) is 0 Å². The summed E-state index contributed by atoms with van der Waals surface area (Å²) in [6.45, 7) is 5.70. The second-order valence-corrected chi connectivity index (χ2v) is 4.05. The molecule has 1 unspecified atom stereocenters. The number of halogens is 1. The Labute approximate surface area is 88.3 Å². The fourth-order valence-corrected chi connectivity index (χ4v) is 1.31. The van der Waals surface area contributed by atoms with E-state index in [9.17, 15) is 0 Å². The molecule has 0 saturated heterocycles. The van der Waals surface area contributed by atoms with E-state index < -0.39 is 5.54 Å². The van der Waals surface area contributed by atoms with Gasteiger partial charge in [-0.05, 0) is 20.8 Å². The van der Waals surface area contributed by atoms with Crippen molar-refractivity contribution in [3.63, 3.8) is 0 Å². The molecule has 0 saturated carbocycles. The number of nitrogens with zero attached hydrogens (tertiary/aromatic N) is 3. The van der Waals surface area contributed by atoms with Gasteiger partial charge in [0.05, 0.1) is 29.0 Å². The van der Waals surface area contributed by atoms with Crippen LogP contribution in [0.3, 0.4) is 0 Å². The summed E-state index contributed by atoms with van der Waals surface area (Å²) in [4.78, 5) is 0. The van der Waals surface area contributed by atoms with Gasteiger partial charge in [0.1, 0.15) is 5.54 Å². The lowest BCUT2D eigenvalue weighted by Crippen LogP contribution is -2.39. The molecular formula is C9H13ClN4. The monoisotopic (exact) mass is 212 g/mol. The molecule has 0 aromatic carbocycles. The van der Waals surface area contributed by atoms with Crippen molar-refractivity contribution in [3.05, 3.63) is 16.4 Å². The van der Waals surface area contributed by atoms with Crippen LogP contribution in [-0.4, -0.2) is 15.3 Å². The number of aromatic nitrogens is 2. The first kappa shape index (κ1) is 11.0. The molecule has 4 nitrogen and oxygen atoms in total. The Morgan fingerprint density at radius 3 is 2.57 bits per heavy atom. The summed E-state index contributed by atoms with van der Waals surface area (Å²) >= 11 is 5.96. The highest BCUT2D eigenvalue weighted by molar-refractivity contribution is 6.31. The number of aryl methyl sites for hydroxylation is 1. The lowest BCUT2D eigenvalue weighted by Gasteiger charge is -2.15. The van der Waals surface area contributed by atoms with E-state index in [4.69, 9.17) is 22.6 Å². The maximum absolute atomic E-state index is 8.77. The summed E-state index contributed by atoms with van der Waals surface area (Å²) in [6, 6.07) is 2.02. The molecule has 5 heteroatoms. The Hall–Kier alpha value is -1.05. The highest BCUT2D eigenvalue weighted by atomic mass is 35.5. The van der Waals surface area contributed by atoms with Gasteiger partial charge in [-0.2, -0.15) is 10.4 Å². The van der Waals surface area contributed by atoms with Gasteiger partial charge in [0.2, 0.25) is 0 Å². The molecule has 14 heavy (non-hydrogen) atoms.